The van der Waals surface area contributed by atoms with Crippen LogP contribution in [0.3, 0.4) is 0 Å². The first-order valence-electron chi connectivity index (χ1n) is 11.5. The molecule has 6 unspecified atom stereocenters. The number of allylic oxidation sites excluding steroid dienone is 3. The van der Waals surface area contributed by atoms with Crippen LogP contribution in [0.4, 0.5) is 0 Å². The van der Waals surface area contributed by atoms with Crippen LogP contribution in [0.5, 0.6) is 5.75 Å². The normalized spacial score (nSPS) is 31.4. The lowest BCUT2D eigenvalue weighted by Gasteiger charge is -2.18. The molecule has 0 radical (unpaired) electrons. The third-order valence-electron chi connectivity index (χ3n) is 7.11. The van der Waals surface area contributed by atoms with Gasteiger partial charge in [0, 0.05) is 5.92 Å². The van der Waals surface area contributed by atoms with Gasteiger partial charge in [0.1, 0.15) is 11.9 Å². The molecule has 0 aliphatic heterocycles. The number of benzene rings is 2. The predicted molar refractivity (Wildman–Crippen MR) is 122 cm³/mol. The van der Waals surface area contributed by atoms with E-state index in [1.165, 1.54) is 12.8 Å². The summed E-state index contributed by atoms with van der Waals surface area (Å²) in [5.74, 6) is 4.30. The Kier molecular flexibility index (Phi) is 5.93. The Morgan fingerprint density at radius 1 is 0.742 bits per heavy atom. The van der Waals surface area contributed by atoms with Crippen LogP contribution in [0.25, 0.3) is 0 Å². The molecule has 0 spiro atoms. The zero-order valence-corrected chi connectivity index (χ0v) is 17.8. The van der Waals surface area contributed by atoms with E-state index in [0.29, 0.717) is 17.4 Å². The smallest absolute Gasteiger partial charge is 0.338 e. The van der Waals surface area contributed by atoms with Crippen molar-refractivity contribution in [3.8, 4) is 5.75 Å². The summed E-state index contributed by atoms with van der Waals surface area (Å²) in [4.78, 5) is 11.8. The van der Waals surface area contributed by atoms with Gasteiger partial charge in [-0.15, -0.1) is 0 Å². The fraction of sp³-hybridized carbons (Fsp3) is 0.393. The summed E-state index contributed by atoms with van der Waals surface area (Å²) in [5.41, 5.74) is 0.647. The zero-order valence-electron chi connectivity index (χ0n) is 17.8. The van der Waals surface area contributed by atoms with E-state index in [1.807, 2.05) is 48.5 Å². The molecular weight excluding hydrogens is 384 g/mol. The number of carbonyl (C=O) groups is 1. The monoisotopic (exact) mass is 414 g/mol. The molecule has 0 N–H and O–H groups in total. The van der Waals surface area contributed by atoms with Crippen molar-refractivity contribution < 1.29 is 14.3 Å². The highest BCUT2D eigenvalue weighted by atomic mass is 16.5. The first kappa shape index (κ1) is 20.1. The third kappa shape index (κ3) is 4.76. The predicted octanol–water partition coefficient (Wildman–Crippen LogP) is 6.09. The lowest BCUT2D eigenvalue weighted by Crippen LogP contribution is -2.22. The van der Waals surface area contributed by atoms with Gasteiger partial charge >= 0.3 is 5.97 Å². The number of para-hydroxylation sites is 1. The van der Waals surface area contributed by atoms with Crippen LogP contribution >= 0.6 is 0 Å². The second kappa shape index (κ2) is 9.13. The molecule has 2 fully saturated rings. The SMILES string of the molecule is C1=CC2CC1CC2COc1ccccc1.O=C(OC1CC2C=CC1C2)c1ccccc1. The minimum Gasteiger partial charge on any atom is -0.493 e. The molecule has 2 aromatic rings. The molecule has 4 aliphatic carbocycles. The van der Waals surface area contributed by atoms with Crippen molar-refractivity contribution in [2.45, 2.75) is 31.8 Å². The Labute approximate surface area is 184 Å². The van der Waals surface area contributed by atoms with Gasteiger partial charge in [0.05, 0.1) is 12.2 Å². The summed E-state index contributed by atoms with van der Waals surface area (Å²) in [6.45, 7) is 0.884. The molecule has 0 saturated heterocycles. The van der Waals surface area contributed by atoms with E-state index < -0.39 is 0 Å². The van der Waals surface area contributed by atoms with Gasteiger partial charge in [0.15, 0.2) is 0 Å². The van der Waals surface area contributed by atoms with Gasteiger partial charge < -0.3 is 9.47 Å². The van der Waals surface area contributed by atoms with Crippen LogP contribution in [0.2, 0.25) is 0 Å². The number of ether oxygens (including phenoxy) is 2. The van der Waals surface area contributed by atoms with Crippen LogP contribution in [-0.2, 0) is 4.74 Å². The van der Waals surface area contributed by atoms with Gasteiger partial charge in [-0.1, -0.05) is 60.7 Å². The van der Waals surface area contributed by atoms with Crippen molar-refractivity contribution in [2.24, 2.45) is 29.6 Å². The fourth-order valence-corrected chi connectivity index (χ4v) is 5.45. The third-order valence-corrected chi connectivity index (χ3v) is 7.11. The molecule has 6 rings (SSSR count). The first-order chi connectivity index (χ1) is 15.2. The fourth-order valence-electron chi connectivity index (χ4n) is 5.45. The van der Waals surface area contributed by atoms with Crippen molar-refractivity contribution in [3.63, 3.8) is 0 Å². The summed E-state index contributed by atoms with van der Waals surface area (Å²) >= 11 is 0. The van der Waals surface area contributed by atoms with Gasteiger partial charge in [-0.3, -0.25) is 0 Å². The average molecular weight is 415 g/mol. The minimum absolute atomic E-state index is 0.0997. The molecule has 2 aromatic carbocycles. The molecule has 4 aliphatic rings. The number of rotatable bonds is 5. The van der Waals surface area contributed by atoms with E-state index in [0.717, 1.165) is 43.0 Å². The number of esters is 1. The molecule has 2 saturated carbocycles. The molecule has 31 heavy (non-hydrogen) atoms. The van der Waals surface area contributed by atoms with E-state index in [1.54, 1.807) is 12.1 Å². The Hall–Kier alpha value is -2.81. The largest absolute Gasteiger partial charge is 0.493 e. The maximum atomic E-state index is 11.8. The number of hydrogen-bond donors (Lipinski definition) is 0. The molecule has 6 atom stereocenters. The second-order valence-electron chi connectivity index (χ2n) is 9.25. The van der Waals surface area contributed by atoms with Crippen molar-refractivity contribution in [1.82, 2.24) is 0 Å². The summed E-state index contributed by atoms with van der Waals surface area (Å²) in [5, 5.41) is 0. The maximum Gasteiger partial charge on any atom is 0.338 e. The summed E-state index contributed by atoms with van der Waals surface area (Å²) in [6, 6.07) is 19.3. The minimum atomic E-state index is -0.188. The van der Waals surface area contributed by atoms with Crippen molar-refractivity contribution in [1.29, 1.82) is 0 Å². The van der Waals surface area contributed by atoms with E-state index in [-0.39, 0.29) is 12.1 Å². The van der Waals surface area contributed by atoms with Crippen LogP contribution < -0.4 is 4.74 Å². The van der Waals surface area contributed by atoms with Crippen molar-refractivity contribution in [3.05, 3.63) is 90.5 Å². The number of carbonyl (C=O) groups excluding carboxylic acids is 1. The highest BCUT2D eigenvalue weighted by molar-refractivity contribution is 5.89. The van der Waals surface area contributed by atoms with Crippen LogP contribution in [-0.4, -0.2) is 18.7 Å². The Morgan fingerprint density at radius 2 is 1.39 bits per heavy atom. The maximum absolute atomic E-state index is 11.8. The van der Waals surface area contributed by atoms with Crippen molar-refractivity contribution >= 4 is 5.97 Å². The topological polar surface area (TPSA) is 35.5 Å². The molecule has 3 nitrogen and oxygen atoms in total. The number of fused-ring (bicyclic) bond motifs is 4. The van der Waals surface area contributed by atoms with Crippen LogP contribution in [0.1, 0.15) is 36.0 Å². The molecule has 160 valence electrons. The lowest BCUT2D eigenvalue weighted by atomic mass is 9.95. The Balaban J connectivity index is 0.000000132. The van der Waals surface area contributed by atoms with Gasteiger partial charge in [-0.25, -0.2) is 4.79 Å². The highest BCUT2D eigenvalue weighted by Crippen LogP contribution is 2.43. The lowest BCUT2D eigenvalue weighted by molar-refractivity contribution is 0.0242. The number of hydrogen-bond acceptors (Lipinski definition) is 3. The van der Waals surface area contributed by atoms with E-state index in [2.05, 4.69) is 24.3 Å². The molecule has 0 heterocycles. The summed E-state index contributed by atoms with van der Waals surface area (Å²) in [7, 11) is 0. The van der Waals surface area contributed by atoms with E-state index in [9.17, 15) is 4.79 Å². The molecule has 0 aromatic heterocycles. The molecule has 4 bridgehead atoms. The molecule has 0 amide bonds. The van der Waals surface area contributed by atoms with Gasteiger partial charge in [0.25, 0.3) is 0 Å². The molecular formula is C28H30O3. The van der Waals surface area contributed by atoms with E-state index >= 15 is 0 Å². The standard InChI is InChI=1S/C14H14O2.C14H16O/c15-14(11-4-2-1-3-5-11)16-13-9-10-6-7-12(13)8-10;1-2-4-14(5-3-1)15-10-13-9-11-6-7-12(13)8-11/h1-7,10,12-13H,8-9H2;1-7,11-13H,8-10H2. The summed E-state index contributed by atoms with van der Waals surface area (Å²) in [6.07, 6.45) is 14.2. The summed E-state index contributed by atoms with van der Waals surface area (Å²) < 4.78 is 11.3. The Morgan fingerprint density at radius 3 is 1.97 bits per heavy atom. The molecule has 3 heteroatoms. The Bertz CT molecular complexity index is 933. The van der Waals surface area contributed by atoms with E-state index in [4.69, 9.17) is 9.47 Å². The van der Waals surface area contributed by atoms with Gasteiger partial charge in [-0.05, 0) is 73.6 Å². The van der Waals surface area contributed by atoms with Crippen LogP contribution in [0, 0.1) is 29.6 Å². The second-order valence-corrected chi connectivity index (χ2v) is 9.25. The highest BCUT2D eigenvalue weighted by Gasteiger charge is 2.38. The van der Waals surface area contributed by atoms with Crippen LogP contribution in [0.15, 0.2) is 85.0 Å². The average Bonchev–Trinajstić information content (AvgIpc) is 3.62. The van der Waals surface area contributed by atoms with Gasteiger partial charge in [0.2, 0.25) is 0 Å². The van der Waals surface area contributed by atoms with Crippen molar-refractivity contribution in [2.75, 3.05) is 6.61 Å². The first-order valence-corrected chi connectivity index (χ1v) is 11.5. The van der Waals surface area contributed by atoms with Gasteiger partial charge in [-0.2, -0.15) is 0 Å². The quantitative estimate of drug-likeness (QED) is 0.439. The zero-order chi connectivity index (χ0) is 21.0.